The molecule has 0 heterocycles. The van der Waals surface area contributed by atoms with Crippen LogP contribution in [0.1, 0.15) is 6.42 Å². The molecule has 0 aromatic rings. The van der Waals surface area contributed by atoms with Gasteiger partial charge < -0.3 is 15.4 Å². The van der Waals surface area contributed by atoms with Gasteiger partial charge >= 0.3 is 5.97 Å². The molecule has 0 unspecified atom stereocenters. The fourth-order valence-corrected chi connectivity index (χ4v) is 0.605. The fourth-order valence-electron chi connectivity index (χ4n) is 0.605. The maximum atomic E-state index is 11.0. The average molecular weight is 174 g/mol. The smallest absolute Gasteiger partial charge is 0.323 e. The van der Waals surface area contributed by atoms with Gasteiger partial charge in [-0.1, -0.05) is 0 Å². The van der Waals surface area contributed by atoms with E-state index in [2.05, 4.69) is 4.74 Å². The van der Waals surface area contributed by atoms with Crippen LogP contribution >= 0.6 is 0 Å². The van der Waals surface area contributed by atoms with Crippen molar-refractivity contribution in [1.29, 1.82) is 0 Å². The van der Waals surface area contributed by atoms with Crippen LogP contribution in [0.15, 0.2) is 0 Å². The van der Waals surface area contributed by atoms with Crippen molar-refractivity contribution >= 4 is 11.9 Å². The number of esters is 1. The third-order valence-electron chi connectivity index (χ3n) is 1.40. The second-order valence-corrected chi connectivity index (χ2v) is 2.62. The molecule has 0 fully saturated rings. The molecule has 0 aliphatic heterocycles. The number of carbonyl (C=O) groups is 2. The molecule has 0 saturated heterocycles. The van der Waals surface area contributed by atoms with Crippen LogP contribution in [0.4, 0.5) is 0 Å². The lowest BCUT2D eigenvalue weighted by atomic mass is 10.2. The summed E-state index contributed by atoms with van der Waals surface area (Å²) in [5.41, 5.74) is 5.34. The van der Waals surface area contributed by atoms with Gasteiger partial charge in [-0.05, 0) is 0 Å². The van der Waals surface area contributed by atoms with Crippen molar-refractivity contribution < 1.29 is 14.3 Å². The summed E-state index contributed by atoms with van der Waals surface area (Å²) < 4.78 is 4.36. The molecule has 1 amide bonds. The van der Waals surface area contributed by atoms with Crippen LogP contribution in [0.5, 0.6) is 0 Å². The highest BCUT2D eigenvalue weighted by Crippen LogP contribution is 1.94. The topological polar surface area (TPSA) is 72.6 Å². The molecule has 0 aromatic carbocycles. The van der Waals surface area contributed by atoms with Gasteiger partial charge in [-0.2, -0.15) is 0 Å². The Labute approximate surface area is 71.5 Å². The van der Waals surface area contributed by atoms with E-state index >= 15 is 0 Å². The minimum absolute atomic E-state index is 0.0142. The first-order chi connectivity index (χ1) is 5.49. The molecule has 2 N–H and O–H groups in total. The molecular formula is C7H14N2O3. The normalized spacial score (nSPS) is 12.0. The molecule has 70 valence electrons. The van der Waals surface area contributed by atoms with E-state index in [9.17, 15) is 9.59 Å². The zero-order chi connectivity index (χ0) is 9.72. The zero-order valence-corrected chi connectivity index (χ0v) is 7.53. The summed E-state index contributed by atoms with van der Waals surface area (Å²) in [4.78, 5) is 23.1. The summed E-state index contributed by atoms with van der Waals surface area (Å²) in [6.07, 6.45) is -0.0142. The van der Waals surface area contributed by atoms with E-state index in [0.717, 1.165) is 0 Å². The van der Waals surface area contributed by atoms with Crippen molar-refractivity contribution in [3.8, 4) is 0 Å². The van der Waals surface area contributed by atoms with Gasteiger partial charge in [-0.3, -0.25) is 9.59 Å². The monoisotopic (exact) mass is 174 g/mol. The highest BCUT2D eigenvalue weighted by Gasteiger charge is 2.18. The predicted molar refractivity (Wildman–Crippen MR) is 43.3 cm³/mol. The number of carbonyl (C=O) groups excluding carboxylic acids is 2. The van der Waals surface area contributed by atoms with E-state index in [4.69, 9.17) is 5.73 Å². The van der Waals surface area contributed by atoms with Crippen molar-refractivity contribution in [3.05, 3.63) is 0 Å². The molecule has 0 aliphatic carbocycles. The lowest BCUT2D eigenvalue weighted by Crippen LogP contribution is -2.37. The highest BCUT2D eigenvalue weighted by molar-refractivity contribution is 5.84. The number of nitrogens with two attached hydrogens (primary N) is 1. The molecule has 0 rings (SSSR count). The maximum absolute atomic E-state index is 11.0. The van der Waals surface area contributed by atoms with E-state index in [1.807, 2.05) is 0 Å². The van der Waals surface area contributed by atoms with Gasteiger partial charge in [0.15, 0.2) is 0 Å². The Bertz CT molecular complexity index is 179. The number of amides is 1. The summed E-state index contributed by atoms with van der Waals surface area (Å²) in [6.45, 7) is 0. The van der Waals surface area contributed by atoms with Crippen molar-refractivity contribution in [2.75, 3.05) is 21.2 Å². The number of hydrogen-bond donors (Lipinski definition) is 1. The van der Waals surface area contributed by atoms with Gasteiger partial charge in [0.25, 0.3) is 0 Å². The first kappa shape index (κ1) is 10.9. The highest BCUT2D eigenvalue weighted by atomic mass is 16.5. The number of rotatable bonds is 3. The fraction of sp³-hybridized carbons (Fsp3) is 0.714. The lowest BCUT2D eigenvalue weighted by molar-refractivity contribution is -0.144. The van der Waals surface area contributed by atoms with Crippen LogP contribution in [0.25, 0.3) is 0 Å². The Morgan fingerprint density at radius 1 is 1.50 bits per heavy atom. The molecule has 0 bridgehead atoms. The minimum Gasteiger partial charge on any atom is -0.468 e. The Balaban J connectivity index is 3.92. The minimum atomic E-state index is -0.857. The molecule has 5 nitrogen and oxygen atoms in total. The largest absolute Gasteiger partial charge is 0.468 e. The summed E-state index contributed by atoms with van der Waals surface area (Å²) in [5.74, 6) is -0.752. The molecule has 5 heteroatoms. The second-order valence-electron chi connectivity index (χ2n) is 2.62. The van der Waals surface area contributed by atoms with Crippen LogP contribution in [0.2, 0.25) is 0 Å². The number of ether oxygens (including phenoxy) is 1. The zero-order valence-electron chi connectivity index (χ0n) is 7.53. The standard InChI is InChI=1S/C7H14N2O3/c1-9(2)6(10)4-5(8)7(11)12-3/h5H,4,8H2,1-3H3/t5-/m0/s1. The summed E-state index contributed by atoms with van der Waals surface area (Å²) in [7, 11) is 4.45. The van der Waals surface area contributed by atoms with Crippen LogP contribution in [0, 0.1) is 0 Å². The number of methoxy groups -OCH3 is 1. The first-order valence-corrected chi connectivity index (χ1v) is 3.52. The molecule has 0 saturated carbocycles. The maximum Gasteiger partial charge on any atom is 0.323 e. The van der Waals surface area contributed by atoms with E-state index in [-0.39, 0.29) is 12.3 Å². The molecule has 0 spiro atoms. The number of hydrogen-bond acceptors (Lipinski definition) is 4. The molecule has 0 aromatic heterocycles. The van der Waals surface area contributed by atoms with Gasteiger partial charge in [-0.25, -0.2) is 0 Å². The first-order valence-electron chi connectivity index (χ1n) is 3.52. The third-order valence-corrected chi connectivity index (χ3v) is 1.40. The van der Waals surface area contributed by atoms with Crippen LogP contribution in [-0.4, -0.2) is 44.0 Å². The summed E-state index contributed by atoms with van der Waals surface area (Å²) in [5, 5.41) is 0. The molecular weight excluding hydrogens is 160 g/mol. The van der Waals surface area contributed by atoms with Crippen molar-refractivity contribution in [2.24, 2.45) is 5.73 Å². The van der Waals surface area contributed by atoms with E-state index in [1.54, 1.807) is 14.1 Å². The number of nitrogens with zero attached hydrogens (tertiary/aromatic N) is 1. The van der Waals surface area contributed by atoms with Gasteiger partial charge in [0.2, 0.25) is 5.91 Å². The predicted octanol–water partition coefficient (Wildman–Crippen LogP) is -1.03. The van der Waals surface area contributed by atoms with Crippen molar-refractivity contribution in [3.63, 3.8) is 0 Å². The average Bonchev–Trinajstić information content (AvgIpc) is 2.02. The van der Waals surface area contributed by atoms with Gasteiger partial charge in [0, 0.05) is 14.1 Å². The SMILES string of the molecule is COC(=O)[C@@H](N)CC(=O)N(C)C. The van der Waals surface area contributed by atoms with E-state index in [0.29, 0.717) is 0 Å². The Morgan fingerprint density at radius 3 is 2.33 bits per heavy atom. The lowest BCUT2D eigenvalue weighted by Gasteiger charge is -2.13. The third kappa shape index (κ3) is 3.34. The van der Waals surface area contributed by atoms with Crippen LogP contribution in [-0.2, 0) is 14.3 Å². The Hall–Kier alpha value is -1.10. The van der Waals surface area contributed by atoms with E-state index < -0.39 is 12.0 Å². The van der Waals surface area contributed by atoms with Crippen LogP contribution in [0.3, 0.4) is 0 Å². The van der Waals surface area contributed by atoms with E-state index in [1.165, 1.54) is 12.0 Å². The Morgan fingerprint density at radius 2 is 2.00 bits per heavy atom. The van der Waals surface area contributed by atoms with Crippen LogP contribution < -0.4 is 5.73 Å². The van der Waals surface area contributed by atoms with Gasteiger partial charge in [-0.15, -0.1) is 0 Å². The molecule has 0 aliphatic rings. The molecule has 1 atom stereocenters. The van der Waals surface area contributed by atoms with Crippen molar-refractivity contribution in [1.82, 2.24) is 4.90 Å². The quantitative estimate of drug-likeness (QED) is 0.555. The Kier molecular flexibility index (Phi) is 4.28. The van der Waals surface area contributed by atoms with Gasteiger partial charge in [0.1, 0.15) is 6.04 Å². The van der Waals surface area contributed by atoms with Gasteiger partial charge in [0.05, 0.1) is 13.5 Å². The summed E-state index contributed by atoms with van der Waals surface area (Å²) >= 11 is 0. The second kappa shape index (κ2) is 4.71. The summed E-state index contributed by atoms with van der Waals surface area (Å²) in [6, 6.07) is -0.857. The molecule has 0 radical (unpaired) electrons. The molecule has 12 heavy (non-hydrogen) atoms. The van der Waals surface area contributed by atoms with Crippen molar-refractivity contribution in [2.45, 2.75) is 12.5 Å².